The summed E-state index contributed by atoms with van der Waals surface area (Å²) < 4.78 is 27.1. The van der Waals surface area contributed by atoms with E-state index in [9.17, 15) is 13.6 Å². The van der Waals surface area contributed by atoms with Crippen molar-refractivity contribution < 1.29 is 30.5 Å². The fourth-order valence-electron chi connectivity index (χ4n) is 2.89. The first-order valence-corrected chi connectivity index (χ1v) is 6.96. The van der Waals surface area contributed by atoms with Crippen molar-refractivity contribution in [2.75, 3.05) is 26.0 Å². The number of carbonyl (C=O) groups is 1. The minimum atomic E-state index is -0.620. The zero-order valence-corrected chi connectivity index (χ0v) is 13.1. The molecule has 0 unspecified atom stereocenters. The summed E-state index contributed by atoms with van der Waals surface area (Å²) in [5, 5.41) is 2.46. The smallest absolute Gasteiger partial charge is 0.279 e. The largest absolute Gasteiger partial charge is 1.00 e. The fraction of sp³-hybridized carbons (Fsp3) is 0.533. The number of anilines is 1. The molecule has 21 heavy (non-hydrogen) atoms. The molecule has 1 aromatic carbocycles. The van der Waals surface area contributed by atoms with Crippen molar-refractivity contribution in [1.29, 1.82) is 0 Å². The third-order valence-corrected chi connectivity index (χ3v) is 4.07. The molecule has 1 aliphatic rings. The van der Waals surface area contributed by atoms with Crippen LogP contribution in [0, 0.1) is 11.6 Å². The van der Waals surface area contributed by atoms with Crippen LogP contribution in [-0.2, 0) is 4.79 Å². The Morgan fingerprint density at radius 2 is 1.90 bits per heavy atom. The Kier molecular flexibility index (Phi) is 6.10. The van der Waals surface area contributed by atoms with E-state index in [1.165, 1.54) is 12.8 Å². The highest BCUT2D eigenvalue weighted by Gasteiger charge is 2.33. The molecule has 2 rings (SSSR count). The molecule has 118 valence electrons. The van der Waals surface area contributed by atoms with E-state index in [2.05, 4.69) is 5.32 Å². The lowest BCUT2D eigenvalue weighted by atomic mass is 10.2. The van der Waals surface area contributed by atoms with Crippen molar-refractivity contribution in [3.63, 3.8) is 0 Å². The summed E-state index contributed by atoms with van der Waals surface area (Å²) >= 11 is 0. The zero-order valence-electron chi connectivity index (χ0n) is 12.3. The van der Waals surface area contributed by atoms with Gasteiger partial charge in [0.2, 0.25) is 0 Å². The van der Waals surface area contributed by atoms with Crippen LogP contribution in [0.1, 0.15) is 25.7 Å². The number of amides is 1. The molecule has 0 bridgehead atoms. The van der Waals surface area contributed by atoms with Gasteiger partial charge in [-0.05, 0) is 37.8 Å². The molecule has 0 radical (unpaired) electrons. The lowest BCUT2D eigenvalue weighted by Gasteiger charge is -2.35. The number of rotatable bonds is 4. The fourth-order valence-corrected chi connectivity index (χ4v) is 2.89. The molecule has 1 fully saturated rings. The Morgan fingerprint density at radius 3 is 2.52 bits per heavy atom. The average Bonchev–Trinajstić information content (AvgIpc) is 2.87. The maximum Gasteiger partial charge on any atom is 0.279 e. The predicted molar refractivity (Wildman–Crippen MR) is 74.2 cm³/mol. The molecular weight excluding hydrogens is 298 g/mol. The van der Waals surface area contributed by atoms with E-state index in [1.54, 1.807) is 0 Å². The number of hydrogen-bond acceptors (Lipinski definition) is 1. The molecule has 0 aromatic heterocycles. The number of quaternary nitrogens is 1. The Balaban J connectivity index is 0.00000220. The molecule has 1 aromatic rings. The minimum absolute atomic E-state index is 0. The van der Waals surface area contributed by atoms with E-state index in [-0.39, 0.29) is 30.5 Å². The maximum absolute atomic E-state index is 13.5. The molecule has 0 atom stereocenters. The van der Waals surface area contributed by atoms with Crippen molar-refractivity contribution in [2.24, 2.45) is 0 Å². The second-order valence-corrected chi connectivity index (χ2v) is 6.05. The van der Waals surface area contributed by atoms with Crippen LogP contribution in [0.2, 0.25) is 0 Å². The van der Waals surface area contributed by atoms with Gasteiger partial charge in [-0.3, -0.25) is 4.79 Å². The normalized spacial score (nSPS) is 15.6. The third kappa shape index (κ3) is 4.64. The van der Waals surface area contributed by atoms with Crippen LogP contribution in [0.3, 0.4) is 0 Å². The predicted octanol–water partition coefficient (Wildman–Crippen LogP) is -0.0737. The van der Waals surface area contributed by atoms with Gasteiger partial charge in [0.1, 0.15) is 11.6 Å². The SMILES string of the molecule is C[N+](C)(CC(=O)Nc1cc(F)ccc1F)C1CCCC1.[Cl-]. The van der Waals surface area contributed by atoms with Gasteiger partial charge < -0.3 is 22.2 Å². The number of hydrogen-bond donors (Lipinski definition) is 1. The lowest BCUT2D eigenvalue weighted by Crippen LogP contribution is -3.00. The minimum Gasteiger partial charge on any atom is -1.00 e. The van der Waals surface area contributed by atoms with E-state index >= 15 is 0 Å². The standard InChI is InChI=1S/C15H20F2N2O.ClH/c1-19(2,12-5-3-4-6-12)10-15(20)18-14-9-11(16)7-8-13(14)17;/h7-9,12H,3-6,10H2,1-2H3;1H. The van der Waals surface area contributed by atoms with E-state index in [0.717, 1.165) is 31.0 Å². The van der Waals surface area contributed by atoms with Gasteiger partial charge in [-0.15, -0.1) is 0 Å². The van der Waals surface area contributed by atoms with Crippen molar-refractivity contribution >= 4 is 11.6 Å². The van der Waals surface area contributed by atoms with Gasteiger partial charge in [0.15, 0.2) is 6.54 Å². The third-order valence-electron chi connectivity index (χ3n) is 4.07. The summed E-state index contributed by atoms with van der Waals surface area (Å²) in [7, 11) is 4.02. The van der Waals surface area contributed by atoms with Crippen LogP contribution in [0.25, 0.3) is 0 Å². The van der Waals surface area contributed by atoms with Crippen LogP contribution in [0.4, 0.5) is 14.5 Å². The van der Waals surface area contributed by atoms with Gasteiger partial charge in [0, 0.05) is 6.07 Å². The van der Waals surface area contributed by atoms with Crippen LogP contribution in [0.5, 0.6) is 0 Å². The van der Waals surface area contributed by atoms with E-state index in [1.807, 2.05) is 14.1 Å². The van der Waals surface area contributed by atoms with Gasteiger partial charge >= 0.3 is 0 Å². The maximum atomic E-state index is 13.5. The second kappa shape index (κ2) is 7.18. The lowest BCUT2D eigenvalue weighted by molar-refractivity contribution is -0.906. The van der Waals surface area contributed by atoms with Crippen LogP contribution < -0.4 is 17.7 Å². The number of likely N-dealkylation sites (N-methyl/N-ethyl adjacent to an activating group) is 1. The summed E-state index contributed by atoms with van der Waals surface area (Å²) in [5.74, 6) is -1.47. The van der Waals surface area contributed by atoms with Crippen molar-refractivity contribution in [3.8, 4) is 0 Å². The highest BCUT2D eigenvalue weighted by atomic mass is 35.5. The van der Waals surface area contributed by atoms with Crippen LogP contribution in [0.15, 0.2) is 18.2 Å². The van der Waals surface area contributed by atoms with Crippen molar-refractivity contribution in [2.45, 2.75) is 31.7 Å². The highest BCUT2D eigenvalue weighted by Crippen LogP contribution is 2.26. The van der Waals surface area contributed by atoms with Gasteiger partial charge in [-0.25, -0.2) is 8.78 Å². The van der Waals surface area contributed by atoms with Gasteiger partial charge in [-0.1, -0.05) is 0 Å². The summed E-state index contributed by atoms with van der Waals surface area (Å²) in [5.41, 5.74) is -0.0959. The quantitative estimate of drug-likeness (QED) is 0.774. The zero-order chi connectivity index (χ0) is 14.8. The molecule has 1 N–H and O–H groups in total. The van der Waals surface area contributed by atoms with Gasteiger partial charge in [-0.2, -0.15) is 0 Å². The molecule has 3 nitrogen and oxygen atoms in total. The topological polar surface area (TPSA) is 29.1 Å². The Labute approximate surface area is 130 Å². The van der Waals surface area contributed by atoms with E-state index in [4.69, 9.17) is 0 Å². The molecule has 6 heteroatoms. The molecule has 0 aliphatic heterocycles. The average molecular weight is 319 g/mol. The van der Waals surface area contributed by atoms with Gasteiger partial charge in [0.25, 0.3) is 5.91 Å². The van der Waals surface area contributed by atoms with E-state index < -0.39 is 11.6 Å². The highest BCUT2D eigenvalue weighted by molar-refractivity contribution is 5.91. The summed E-state index contributed by atoms with van der Waals surface area (Å²) in [6.07, 6.45) is 4.64. The number of carbonyl (C=O) groups excluding carboxylic acids is 1. The first-order valence-electron chi connectivity index (χ1n) is 6.96. The number of nitrogens with zero attached hydrogens (tertiary/aromatic N) is 1. The first-order chi connectivity index (χ1) is 9.38. The number of halogens is 3. The first kappa shape index (κ1) is 17.9. The molecule has 1 amide bonds. The molecule has 0 heterocycles. The van der Waals surface area contributed by atoms with Crippen LogP contribution >= 0.6 is 0 Å². The Bertz CT molecular complexity index is 502. The second-order valence-electron chi connectivity index (χ2n) is 6.05. The van der Waals surface area contributed by atoms with Gasteiger partial charge in [0.05, 0.1) is 25.8 Å². The molecule has 0 saturated heterocycles. The van der Waals surface area contributed by atoms with Crippen molar-refractivity contribution in [3.05, 3.63) is 29.8 Å². The molecule has 1 aliphatic carbocycles. The van der Waals surface area contributed by atoms with Crippen molar-refractivity contribution in [1.82, 2.24) is 0 Å². The summed E-state index contributed by atoms with van der Waals surface area (Å²) in [6.45, 7) is 0.265. The number of benzene rings is 1. The summed E-state index contributed by atoms with van der Waals surface area (Å²) in [4.78, 5) is 12.0. The number of nitrogens with one attached hydrogen (secondary N) is 1. The monoisotopic (exact) mass is 318 g/mol. The Hall–Kier alpha value is -1.20. The molecule has 1 saturated carbocycles. The van der Waals surface area contributed by atoms with E-state index in [0.29, 0.717) is 10.5 Å². The Morgan fingerprint density at radius 1 is 1.29 bits per heavy atom. The van der Waals surface area contributed by atoms with Crippen LogP contribution in [-0.4, -0.2) is 37.1 Å². The summed E-state index contributed by atoms with van der Waals surface area (Å²) in [6, 6.07) is 3.52. The molecular formula is C15H21ClF2N2O. The molecule has 0 spiro atoms.